The number of aryl methyl sites for hydroxylation is 1. The van der Waals surface area contributed by atoms with E-state index in [1.54, 1.807) is 0 Å². The minimum atomic E-state index is -0.0373. The van der Waals surface area contributed by atoms with Gasteiger partial charge < -0.3 is 10.2 Å². The summed E-state index contributed by atoms with van der Waals surface area (Å²) in [6, 6.07) is 17.2. The van der Waals surface area contributed by atoms with E-state index in [2.05, 4.69) is 12.2 Å². The number of hydrogen-bond acceptors (Lipinski definition) is 2. The predicted octanol–water partition coefficient (Wildman–Crippen LogP) is 3.74. The lowest BCUT2D eigenvalue weighted by Crippen LogP contribution is -2.41. The first-order chi connectivity index (χ1) is 12.2. The zero-order valence-electron chi connectivity index (χ0n) is 14.6. The minimum Gasteiger partial charge on any atom is -0.339 e. The van der Waals surface area contributed by atoms with E-state index in [0.29, 0.717) is 31.5 Å². The Morgan fingerprint density at radius 2 is 1.64 bits per heavy atom. The van der Waals surface area contributed by atoms with Crippen molar-refractivity contribution >= 4 is 17.5 Å². The van der Waals surface area contributed by atoms with Crippen LogP contribution in [-0.2, 0) is 11.2 Å². The van der Waals surface area contributed by atoms with Gasteiger partial charge in [0.15, 0.2) is 0 Å². The van der Waals surface area contributed by atoms with Crippen LogP contribution < -0.4 is 5.32 Å². The van der Waals surface area contributed by atoms with Crippen LogP contribution in [0.1, 0.15) is 35.7 Å². The van der Waals surface area contributed by atoms with E-state index >= 15 is 0 Å². The molecule has 130 valence electrons. The molecule has 4 heteroatoms. The maximum atomic E-state index is 12.6. The number of nitrogens with zero attached hydrogens (tertiary/aromatic N) is 1. The molecule has 0 aliphatic carbocycles. The Balaban J connectivity index is 1.57. The first-order valence-corrected chi connectivity index (χ1v) is 8.92. The molecule has 1 aliphatic rings. The first-order valence-electron chi connectivity index (χ1n) is 8.92. The molecule has 0 saturated carbocycles. The summed E-state index contributed by atoms with van der Waals surface area (Å²) < 4.78 is 0. The van der Waals surface area contributed by atoms with Crippen LogP contribution in [0, 0.1) is 5.92 Å². The summed E-state index contributed by atoms with van der Waals surface area (Å²) in [4.78, 5) is 26.9. The number of para-hydroxylation sites is 1. The molecule has 2 aromatic carbocycles. The van der Waals surface area contributed by atoms with Crippen LogP contribution in [0.3, 0.4) is 0 Å². The molecule has 25 heavy (non-hydrogen) atoms. The van der Waals surface area contributed by atoms with Gasteiger partial charge in [0.05, 0.1) is 0 Å². The molecule has 0 spiro atoms. The number of piperidine rings is 1. The van der Waals surface area contributed by atoms with Gasteiger partial charge in [0, 0.05) is 30.3 Å². The van der Waals surface area contributed by atoms with Gasteiger partial charge in [-0.25, -0.2) is 0 Å². The van der Waals surface area contributed by atoms with Gasteiger partial charge in [-0.15, -0.1) is 0 Å². The summed E-state index contributed by atoms with van der Waals surface area (Å²) >= 11 is 0. The van der Waals surface area contributed by atoms with Crippen molar-refractivity contribution < 1.29 is 9.59 Å². The third-order valence-corrected chi connectivity index (χ3v) is 4.83. The normalized spacial score (nSPS) is 15.0. The van der Waals surface area contributed by atoms with Crippen molar-refractivity contribution in [2.45, 2.75) is 26.2 Å². The molecule has 0 aromatic heterocycles. The molecular formula is C21H24N2O2. The topological polar surface area (TPSA) is 49.4 Å². The van der Waals surface area contributed by atoms with Crippen LogP contribution in [0.4, 0.5) is 5.69 Å². The van der Waals surface area contributed by atoms with E-state index < -0.39 is 0 Å². The molecule has 3 rings (SSSR count). The van der Waals surface area contributed by atoms with E-state index in [-0.39, 0.29) is 17.7 Å². The number of nitrogens with one attached hydrogen (secondary N) is 1. The Morgan fingerprint density at radius 1 is 1.00 bits per heavy atom. The van der Waals surface area contributed by atoms with Crippen LogP contribution in [-0.4, -0.2) is 29.8 Å². The number of anilines is 1. The van der Waals surface area contributed by atoms with Gasteiger partial charge >= 0.3 is 0 Å². The summed E-state index contributed by atoms with van der Waals surface area (Å²) in [5, 5.41) is 3.06. The summed E-state index contributed by atoms with van der Waals surface area (Å²) in [7, 11) is 0. The molecule has 4 nitrogen and oxygen atoms in total. The van der Waals surface area contributed by atoms with Crippen LogP contribution in [0.25, 0.3) is 0 Å². The highest BCUT2D eigenvalue weighted by atomic mass is 16.2. The van der Waals surface area contributed by atoms with Crippen molar-refractivity contribution in [3.05, 3.63) is 65.7 Å². The fourth-order valence-electron chi connectivity index (χ4n) is 3.29. The summed E-state index contributed by atoms with van der Waals surface area (Å²) in [6.07, 6.45) is 2.30. The van der Waals surface area contributed by atoms with Crippen molar-refractivity contribution in [1.82, 2.24) is 4.90 Å². The number of carbonyl (C=O) groups is 2. The van der Waals surface area contributed by atoms with Crippen LogP contribution >= 0.6 is 0 Å². The van der Waals surface area contributed by atoms with Crippen molar-refractivity contribution in [2.24, 2.45) is 5.92 Å². The third-order valence-electron chi connectivity index (χ3n) is 4.83. The van der Waals surface area contributed by atoms with Gasteiger partial charge in [-0.3, -0.25) is 9.59 Å². The Hall–Kier alpha value is -2.62. The summed E-state index contributed by atoms with van der Waals surface area (Å²) in [5.41, 5.74) is 2.76. The van der Waals surface area contributed by atoms with E-state index in [1.165, 1.54) is 0 Å². The number of likely N-dealkylation sites (tertiary alicyclic amines) is 1. The van der Waals surface area contributed by atoms with Crippen LogP contribution in [0.2, 0.25) is 0 Å². The second kappa shape index (κ2) is 7.97. The second-order valence-electron chi connectivity index (χ2n) is 6.43. The van der Waals surface area contributed by atoms with Gasteiger partial charge in [-0.2, -0.15) is 0 Å². The molecule has 2 amide bonds. The molecular weight excluding hydrogens is 312 g/mol. The highest BCUT2D eigenvalue weighted by Crippen LogP contribution is 2.22. The number of amides is 2. The summed E-state index contributed by atoms with van der Waals surface area (Å²) in [5.74, 6) is 0.0771. The first kappa shape index (κ1) is 17.2. The molecule has 1 aliphatic heterocycles. The van der Waals surface area contributed by atoms with Gasteiger partial charge in [-0.05, 0) is 43.0 Å². The monoisotopic (exact) mass is 336 g/mol. The lowest BCUT2D eigenvalue weighted by atomic mass is 9.95. The SMILES string of the molecule is CCc1ccccc1NC(=O)C1CCN(C(=O)c2ccccc2)CC1. The molecule has 2 aromatic rings. The van der Waals surface area contributed by atoms with E-state index in [4.69, 9.17) is 0 Å². The van der Waals surface area contributed by atoms with Crippen molar-refractivity contribution in [1.29, 1.82) is 0 Å². The quantitative estimate of drug-likeness (QED) is 0.924. The minimum absolute atomic E-state index is 0.0373. The number of rotatable bonds is 4. The van der Waals surface area contributed by atoms with Gasteiger partial charge in [0.1, 0.15) is 0 Å². The van der Waals surface area contributed by atoms with E-state index in [0.717, 1.165) is 17.7 Å². The average Bonchev–Trinajstić information content (AvgIpc) is 2.68. The molecule has 0 radical (unpaired) electrons. The smallest absolute Gasteiger partial charge is 0.253 e. The predicted molar refractivity (Wildman–Crippen MR) is 99.5 cm³/mol. The Labute approximate surface area is 148 Å². The third kappa shape index (κ3) is 4.08. The lowest BCUT2D eigenvalue weighted by molar-refractivity contribution is -0.121. The number of hydrogen-bond donors (Lipinski definition) is 1. The maximum absolute atomic E-state index is 12.6. The van der Waals surface area contributed by atoms with Gasteiger partial charge in [0.25, 0.3) is 5.91 Å². The molecule has 1 fully saturated rings. The maximum Gasteiger partial charge on any atom is 0.253 e. The molecule has 0 atom stereocenters. The number of carbonyl (C=O) groups excluding carboxylic acids is 2. The molecule has 1 heterocycles. The number of benzene rings is 2. The van der Waals surface area contributed by atoms with Crippen molar-refractivity contribution in [2.75, 3.05) is 18.4 Å². The van der Waals surface area contributed by atoms with E-state index in [9.17, 15) is 9.59 Å². The molecule has 0 unspecified atom stereocenters. The van der Waals surface area contributed by atoms with Crippen molar-refractivity contribution in [3.63, 3.8) is 0 Å². The highest BCUT2D eigenvalue weighted by molar-refractivity contribution is 5.95. The van der Waals surface area contributed by atoms with Crippen LogP contribution in [0.5, 0.6) is 0 Å². The zero-order chi connectivity index (χ0) is 17.6. The lowest BCUT2D eigenvalue weighted by Gasteiger charge is -2.31. The van der Waals surface area contributed by atoms with E-state index in [1.807, 2.05) is 59.5 Å². The zero-order valence-corrected chi connectivity index (χ0v) is 14.6. The standard InChI is InChI=1S/C21H24N2O2/c1-2-16-8-6-7-11-19(16)22-20(24)17-12-14-23(15-13-17)21(25)18-9-4-3-5-10-18/h3-11,17H,2,12-15H2,1H3,(H,22,24). The fraction of sp³-hybridized carbons (Fsp3) is 0.333. The second-order valence-corrected chi connectivity index (χ2v) is 6.43. The Kier molecular flexibility index (Phi) is 5.49. The van der Waals surface area contributed by atoms with Crippen molar-refractivity contribution in [3.8, 4) is 0 Å². The molecule has 1 saturated heterocycles. The Bertz CT molecular complexity index is 735. The Morgan fingerprint density at radius 3 is 2.32 bits per heavy atom. The largest absolute Gasteiger partial charge is 0.339 e. The van der Waals surface area contributed by atoms with Crippen LogP contribution in [0.15, 0.2) is 54.6 Å². The summed E-state index contributed by atoms with van der Waals surface area (Å²) in [6.45, 7) is 3.33. The highest BCUT2D eigenvalue weighted by Gasteiger charge is 2.28. The molecule has 0 bridgehead atoms. The van der Waals surface area contributed by atoms with Gasteiger partial charge in [-0.1, -0.05) is 43.3 Å². The van der Waals surface area contributed by atoms with Gasteiger partial charge in [0.2, 0.25) is 5.91 Å². The average molecular weight is 336 g/mol. The molecule has 1 N–H and O–H groups in total. The fourth-order valence-corrected chi connectivity index (χ4v) is 3.29.